The molecule has 1 aliphatic rings. The normalized spacial score (nSPS) is 18.5. The van der Waals surface area contributed by atoms with Crippen LogP contribution in [-0.2, 0) is 16.6 Å². The van der Waals surface area contributed by atoms with E-state index in [0.29, 0.717) is 24.1 Å². The molecule has 2 heterocycles. The van der Waals surface area contributed by atoms with Gasteiger partial charge in [-0.1, -0.05) is 25.1 Å². The van der Waals surface area contributed by atoms with Gasteiger partial charge < -0.3 is 14.6 Å². The summed E-state index contributed by atoms with van der Waals surface area (Å²) >= 11 is 0. The van der Waals surface area contributed by atoms with Gasteiger partial charge in [0.15, 0.2) is 0 Å². The number of benzene rings is 2. The molecule has 2 aromatic carbocycles. The Kier molecular flexibility index (Phi) is 4.94. The minimum absolute atomic E-state index is 0.0378. The summed E-state index contributed by atoms with van der Waals surface area (Å²) in [7, 11) is 1.90. The van der Waals surface area contributed by atoms with E-state index in [9.17, 15) is 19.1 Å². The third kappa shape index (κ3) is 3.00. The highest BCUT2D eigenvalue weighted by Gasteiger charge is 2.46. The molecular weight excluding hydrogens is 383 g/mol. The first-order chi connectivity index (χ1) is 14.3. The van der Waals surface area contributed by atoms with Crippen molar-refractivity contribution >= 4 is 28.4 Å². The van der Waals surface area contributed by atoms with Gasteiger partial charge in [0.2, 0.25) is 0 Å². The quantitative estimate of drug-likeness (QED) is 0.395. The first-order valence-corrected chi connectivity index (χ1v) is 9.94. The van der Waals surface area contributed by atoms with E-state index >= 15 is 0 Å². The smallest absolute Gasteiger partial charge is 0.295 e. The zero-order valence-corrected chi connectivity index (χ0v) is 17.1. The lowest BCUT2D eigenvalue weighted by Gasteiger charge is -2.24. The zero-order chi connectivity index (χ0) is 21.6. The summed E-state index contributed by atoms with van der Waals surface area (Å²) in [4.78, 5) is 27.4. The molecule has 1 N–H and O–H groups in total. The number of ketones is 1. The number of fused-ring (bicyclic) bond motifs is 1. The van der Waals surface area contributed by atoms with Gasteiger partial charge in [0.1, 0.15) is 11.6 Å². The number of aliphatic hydroxyl groups is 1. The molecule has 0 radical (unpaired) electrons. The summed E-state index contributed by atoms with van der Waals surface area (Å²) in [5, 5.41) is 12.0. The maximum absolute atomic E-state index is 13.7. The number of halogens is 1. The number of amides is 1. The second-order valence-electron chi connectivity index (χ2n) is 7.67. The van der Waals surface area contributed by atoms with E-state index < -0.39 is 23.5 Å². The largest absolute Gasteiger partial charge is 0.507 e. The van der Waals surface area contributed by atoms with Gasteiger partial charge in [-0.3, -0.25) is 9.59 Å². The number of Topliss-reactive ketones (excluding diaryl/α,β-unsaturated/α-hetero) is 1. The van der Waals surface area contributed by atoms with Crippen LogP contribution in [0.15, 0.2) is 54.2 Å². The molecule has 1 unspecified atom stereocenters. The number of likely N-dealkylation sites (tertiary alicyclic amines) is 1. The van der Waals surface area contributed by atoms with Crippen LogP contribution < -0.4 is 0 Å². The second-order valence-corrected chi connectivity index (χ2v) is 7.67. The molecule has 4 rings (SSSR count). The number of hydrogen-bond acceptors (Lipinski definition) is 3. The number of carbonyl (C=O) groups is 2. The molecule has 0 saturated carbocycles. The maximum atomic E-state index is 13.7. The maximum Gasteiger partial charge on any atom is 0.295 e. The number of aliphatic hydroxyl groups excluding tert-OH is 1. The van der Waals surface area contributed by atoms with Crippen molar-refractivity contribution in [2.24, 2.45) is 7.05 Å². The molecule has 1 atom stereocenters. The zero-order valence-electron chi connectivity index (χ0n) is 17.1. The van der Waals surface area contributed by atoms with E-state index in [-0.39, 0.29) is 11.3 Å². The Morgan fingerprint density at radius 2 is 1.90 bits per heavy atom. The highest BCUT2D eigenvalue weighted by Crippen LogP contribution is 2.42. The summed E-state index contributed by atoms with van der Waals surface area (Å²) in [5.74, 6) is -2.03. The highest BCUT2D eigenvalue weighted by molar-refractivity contribution is 6.46. The van der Waals surface area contributed by atoms with Crippen LogP contribution in [0.3, 0.4) is 0 Å². The lowest BCUT2D eigenvalue weighted by Crippen LogP contribution is -2.30. The van der Waals surface area contributed by atoms with E-state index in [1.165, 1.54) is 23.1 Å². The monoisotopic (exact) mass is 406 g/mol. The van der Waals surface area contributed by atoms with Crippen LogP contribution in [-0.4, -0.2) is 32.8 Å². The number of hydrogen-bond donors (Lipinski definition) is 1. The molecule has 0 aliphatic carbocycles. The van der Waals surface area contributed by atoms with Crippen LogP contribution in [0, 0.1) is 12.7 Å². The van der Waals surface area contributed by atoms with Gasteiger partial charge in [-0.05, 0) is 43.2 Å². The van der Waals surface area contributed by atoms with Crippen molar-refractivity contribution in [3.05, 3.63) is 76.7 Å². The van der Waals surface area contributed by atoms with Crippen molar-refractivity contribution in [2.45, 2.75) is 26.3 Å². The highest BCUT2D eigenvalue weighted by atomic mass is 19.1. The molecule has 6 heteroatoms. The van der Waals surface area contributed by atoms with Gasteiger partial charge in [-0.15, -0.1) is 0 Å². The molecular formula is C24H23FN2O3. The van der Waals surface area contributed by atoms with Crippen LogP contribution >= 0.6 is 0 Å². The second kappa shape index (κ2) is 7.44. The van der Waals surface area contributed by atoms with Gasteiger partial charge >= 0.3 is 0 Å². The lowest BCUT2D eigenvalue weighted by molar-refractivity contribution is -0.139. The van der Waals surface area contributed by atoms with Crippen molar-refractivity contribution in [1.29, 1.82) is 0 Å². The van der Waals surface area contributed by atoms with Crippen LogP contribution in [0.2, 0.25) is 0 Å². The Bertz CT molecular complexity index is 1210. The minimum Gasteiger partial charge on any atom is -0.507 e. The summed E-state index contributed by atoms with van der Waals surface area (Å²) in [6, 6.07) is 11.2. The molecule has 154 valence electrons. The van der Waals surface area contributed by atoms with Crippen LogP contribution in [0.1, 0.15) is 36.1 Å². The number of nitrogens with zero attached hydrogens (tertiary/aromatic N) is 2. The summed E-state index contributed by atoms with van der Waals surface area (Å²) in [5.41, 5.74) is 2.45. The fourth-order valence-corrected chi connectivity index (χ4v) is 4.21. The van der Waals surface area contributed by atoms with Crippen molar-refractivity contribution in [1.82, 2.24) is 9.47 Å². The third-order valence-electron chi connectivity index (χ3n) is 5.66. The van der Waals surface area contributed by atoms with Crippen molar-refractivity contribution < 1.29 is 19.1 Å². The Hall–Kier alpha value is -3.41. The average Bonchev–Trinajstić information content (AvgIpc) is 3.19. The summed E-state index contributed by atoms with van der Waals surface area (Å²) in [6.45, 7) is 3.91. The van der Waals surface area contributed by atoms with E-state index in [2.05, 4.69) is 0 Å². The van der Waals surface area contributed by atoms with Crippen molar-refractivity contribution in [2.75, 3.05) is 6.54 Å². The van der Waals surface area contributed by atoms with Crippen LogP contribution in [0.4, 0.5) is 4.39 Å². The average molecular weight is 406 g/mol. The topological polar surface area (TPSA) is 62.5 Å². The number of carbonyl (C=O) groups excluding carboxylic acids is 2. The van der Waals surface area contributed by atoms with Gasteiger partial charge in [0.25, 0.3) is 11.7 Å². The predicted molar refractivity (Wildman–Crippen MR) is 113 cm³/mol. The van der Waals surface area contributed by atoms with Gasteiger partial charge in [-0.25, -0.2) is 4.39 Å². The molecule has 0 bridgehead atoms. The fourth-order valence-electron chi connectivity index (χ4n) is 4.21. The van der Waals surface area contributed by atoms with Crippen molar-refractivity contribution in [3.8, 4) is 0 Å². The molecule has 1 fully saturated rings. The molecule has 30 heavy (non-hydrogen) atoms. The van der Waals surface area contributed by atoms with Crippen molar-refractivity contribution in [3.63, 3.8) is 0 Å². The lowest BCUT2D eigenvalue weighted by atomic mass is 9.94. The van der Waals surface area contributed by atoms with E-state index in [1.54, 1.807) is 6.92 Å². The minimum atomic E-state index is -0.721. The molecule has 5 nitrogen and oxygen atoms in total. The van der Waals surface area contributed by atoms with E-state index in [4.69, 9.17) is 0 Å². The first-order valence-electron chi connectivity index (χ1n) is 9.94. The van der Waals surface area contributed by atoms with Gasteiger partial charge in [0, 0.05) is 41.8 Å². The summed E-state index contributed by atoms with van der Waals surface area (Å²) < 4.78 is 15.7. The van der Waals surface area contributed by atoms with Crippen LogP contribution in [0.25, 0.3) is 16.7 Å². The molecule has 1 saturated heterocycles. The SMILES string of the molecule is CCCN1C(=O)C(=O)/C(=C(/O)c2ccc(F)c(C)c2)C1c1cn(C)c2ccccc12. The number of rotatable bonds is 4. The molecule has 1 aromatic heterocycles. The standard InChI is InChI=1S/C24H23FN2O3/c1-4-11-27-21(17-13-26(3)19-8-6-5-7-16(17)19)20(23(29)24(27)30)22(28)15-9-10-18(25)14(2)12-15/h5-10,12-13,21,28H,4,11H2,1-3H3/b22-20+. The van der Waals surface area contributed by atoms with E-state index in [0.717, 1.165) is 16.5 Å². The predicted octanol–water partition coefficient (Wildman–Crippen LogP) is 4.46. The Balaban J connectivity index is 1.98. The molecule has 3 aromatic rings. The van der Waals surface area contributed by atoms with E-state index in [1.807, 2.05) is 49.0 Å². The van der Waals surface area contributed by atoms with Gasteiger partial charge in [-0.2, -0.15) is 0 Å². The third-order valence-corrected chi connectivity index (χ3v) is 5.66. The number of aryl methyl sites for hydroxylation is 2. The first kappa shape index (κ1) is 19.9. The Morgan fingerprint density at radius 1 is 1.17 bits per heavy atom. The molecule has 0 spiro atoms. The Morgan fingerprint density at radius 3 is 2.60 bits per heavy atom. The summed E-state index contributed by atoms with van der Waals surface area (Å²) in [6.07, 6.45) is 2.57. The Labute approximate surface area is 174 Å². The van der Waals surface area contributed by atoms with Gasteiger partial charge in [0.05, 0.1) is 11.6 Å². The number of aromatic nitrogens is 1. The number of para-hydroxylation sites is 1. The molecule has 1 amide bonds. The fraction of sp³-hybridized carbons (Fsp3) is 0.250. The molecule has 1 aliphatic heterocycles. The van der Waals surface area contributed by atoms with Crippen LogP contribution in [0.5, 0.6) is 0 Å².